The van der Waals surface area contributed by atoms with E-state index in [1.807, 2.05) is 0 Å². The molecule has 2 heterocycles. The molecule has 7 heteroatoms. The molecule has 0 aromatic carbocycles. The summed E-state index contributed by atoms with van der Waals surface area (Å²) in [6.07, 6.45) is -4.46. The number of halogens is 3. The lowest BCUT2D eigenvalue weighted by molar-refractivity contribution is -0.223. The number of carbonyl (C=O) groups excluding carboxylic acids is 2. The number of esters is 1. The van der Waals surface area contributed by atoms with E-state index >= 15 is 0 Å². The SMILES string of the molecule is O=C1CC2(OC(=O)C(F)(F)F)CCC1CN2. The number of carbonyl (C=O) groups is 2. The van der Waals surface area contributed by atoms with Crippen LogP contribution in [0.1, 0.15) is 19.3 Å². The standard InChI is InChI=1S/C9H10F3NO3/c10-9(11,12)7(15)16-8-2-1-5(4-13-8)6(14)3-8/h5,13H,1-4H2. The van der Waals surface area contributed by atoms with Crippen LogP contribution in [0.2, 0.25) is 0 Å². The maximum absolute atomic E-state index is 12.0. The van der Waals surface area contributed by atoms with E-state index in [1.54, 1.807) is 0 Å². The number of alkyl halides is 3. The average Bonchev–Trinajstić information content (AvgIpc) is 2.16. The first-order chi connectivity index (χ1) is 7.32. The Labute approximate surface area is 89.1 Å². The third kappa shape index (κ3) is 1.91. The van der Waals surface area contributed by atoms with Gasteiger partial charge in [0.1, 0.15) is 5.78 Å². The number of hydrogen-bond donors (Lipinski definition) is 1. The van der Waals surface area contributed by atoms with E-state index in [2.05, 4.69) is 10.1 Å². The molecule has 3 aliphatic rings. The minimum atomic E-state index is -5.02. The van der Waals surface area contributed by atoms with Crippen molar-refractivity contribution in [2.45, 2.75) is 31.2 Å². The number of ether oxygens (including phenoxy) is 1. The van der Waals surface area contributed by atoms with Crippen LogP contribution in [0.15, 0.2) is 0 Å². The Kier molecular flexibility index (Phi) is 2.45. The van der Waals surface area contributed by atoms with Crippen molar-refractivity contribution < 1.29 is 27.5 Å². The van der Waals surface area contributed by atoms with Gasteiger partial charge in [-0.25, -0.2) is 4.79 Å². The topological polar surface area (TPSA) is 55.4 Å². The van der Waals surface area contributed by atoms with Gasteiger partial charge in [0.05, 0.1) is 6.42 Å². The van der Waals surface area contributed by atoms with Crippen LogP contribution < -0.4 is 5.32 Å². The number of nitrogens with one attached hydrogen (secondary N) is 1. The fourth-order valence-electron chi connectivity index (χ4n) is 2.12. The molecule has 0 aromatic heterocycles. The molecule has 2 unspecified atom stereocenters. The van der Waals surface area contributed by atoms with Crippen LogP contribution in [0.5, 0.6) is 0 Å². The van der Waals surface area contributed by atoms with Gasteiger partial charge >= 0.3 is 12.1 Å². The zero-order valence-corrected chi connectivity index (χ0v) is 8.26. The highest BCUT2D eigenvalue weighted by molar-refractivity contribution is 5.85. The molecule has 3 fully saturated rings. The number of Topliss-reactive ketones (excluding diaryl/α,β-unsaturated/α-hetero) is 1. The molecule has 2 aliphatic heterocycles. The predicted octanol–water partition coefficient (Wildman–Crippen LogP) is 0.761. The summed E-state index contributed by atoms with van der Waals surface area (Å²) in [6.45, 7) is 0.282. The van der Waals surface area contributed by atoms with Crippen molar-refractivity contribution in [3.8, 4) is 0 Å². The minimum Gasteiger partial charge on any atom is -0.437 e. The molecule has 16 heavy (non-hydrogen) atoms. The van der Waals surface area contributed by atoms with Crippen LogP contribution in [0.4, 0.5) is 13.2 Å². The molecule has 0 spiro atoms. The molecule has 2 saturated heterocycles. The highest BCUT2D eigenvalue weighted by atomic mass is 19.4. The van der Waals surface area contributed by atoms with E-state index in [0.29, 0.717) is 6.42 Å². The normalized spacial score (nSPS) is 33.9. The van der Waals surface area contributed by atoms with Gasteiger partial charge in [-0.05, 0) is 6.42 Å². The van der Waals surface area contributed by atoms with E-state index < -0.39 is 17.9 Å². The zero-order valence-electron chi connectivity index (χ0n) is 8.26. The highest BCUT2D eigenvalue weighted by Crippen LogP contribution is 2.36. The largest absolute Gasteiger partial charge is 0.490 e. The summed E-state index contributed by atoms with van der Waals surface area (Å²) < 4.78 is 40.5. The lowest BCUT2D eigenvalue weighted by atomic mass is 9.78. The zero-order chi connectivity index (χ0) is 12.0. The summed E-state index contributed by atoms with van der Waals surface area (Å²) in [4.78, 5) is 22.1. The number of hydrogen-bond acceptors (Lipinski definition) is 4. The van der Waals surface area contributed by atoms with E-state index in [-0.39, 0.29) is 31.1 Å². The van der Waals surface area contributed by atoms with Gasteiger partial charge in [-0.3, -0.25) is 10.1 Å². The maximum Gasteiger partial charge on any atom is 0.490 e. The summed E-state index contributed by atoms with van der Waals surface area (Å²) in [7, 11) is 0. The Morgan fingerprint density at radius 1 is 1.50 bits per heavy atom. The van der Waals surface area contributed by atoms with Gasteiger partial charge in [-0.1, -0.05) is 0 Å². The van der Waals surface area contributed by atoms with Crippen molar-refractivity contribution >= 4 is 11.8 Å². The van der Waals surface area contributed by atoms with E-state index in [1.165, 1.54) is 0 Å². The molecule has 4 nitrogen and oxygen atoms in total. The smallest absolute Gasteiger partial charge is 0.437 e. The summed E-state index contributed by atoms with van der Waals surface area (Å²) in [6, 6.07) is 0. The predicted molar refractivity (Wildman–Crippen MR) is 45.2 cm³/mol. The molecule has 1 aliphatic carbocycles. The van der Waals surface area contributed by atoms with Crippen LogP contribution in [-0.2, 0) is 14.3 Å². The van der Waals surface area contributed by atoms with Gasteiger partial charge in [0.15, 0.2) is 5.72 Å². The second kappa shape index (κ2) is 3.44. The third-order valence-corrected chi connectivity index (χ3v) is 3.00. The first-order valence-electron chi connectivity index (χ1n) is 4.90. The lowest BCUT2D eigenvalue weighted by Gasteiger charge is -2.45. The van der Waals surface area contributed by atoms with Crippen molar-refractivity contribution in [2.24, 2.45) is 5.92 Å². The summed E-state index contributed by atoms with van der Waals surface area (Å²) in [5, 5.41) is 2.70. The maximum atomic E-state index is 12.0. The molecular formula is C9H10F3NO3. The number of fused-ring (bicyclic) bond motifs is 3. The van der Waals surface area contributed by atoms with Crippen LogP contribution in [0.25, 0.3) is 0 Å². The quantitative estimate of drug-likeness (QED) is 0.684. The molecule has 1 N–H and O–H groups in total. The molecule has 3 rings (SSSR count). The van der Waals surface area contributed by atoms with Crippen molar-refractivity contribution in [1.29, 1.82) is 0 Å². The van der Waals surface area contributed by atoms with Crippen molar-refractivity contribution in [1.82, 2.24) is 5.32 Å². The molecule has 2 atom stereocenters. The first-order valence-corrected chi connectivity index (χ1v) is 4.90. The number of rotatable bonds is 1. The Bertz CT molecular complexity index is 331. The van der Waals surface area contributed by atoms with Gasteiger partial charge in [0, 0.05) is 18.9 Å². The summed E-state index contributed by atoms with van der Waals surface area (Å²) in [5.41, 5.74) is -1.43. The van der Waals surface area contributed by atoms with Gasteiger partial charge < -0.3 is 4.74 Å². The van der Waals surface area contributed by atoms with Crippen LogP contribution >= 0.6 is 0 Å². The molecule has 1 saturated carbocycles. The van der Waals surface area contributed by atoms with Gasteiger partial charge in [0.25, 0.3) is 0 Å². The second-order valence-corrected chi connectivity index (χ2v) is 4.14. The van der Waals surface area contributed by atoms with E-state index in [9.17, 15) is 22.8 Å². The molecular weight excluding hydrogens is 227 g/mol. The highest BCUT2D eigenvalue weighted by Gasteiger charge is 2.52. The number of ketones is 1. The molecule has 0 aromatic rings. The molecule has 0 amide bonds. The van der Waals surface area contributed by atoms with Crippen molar-refractivity contribution in [2.75, 3.05) is 6.54 Å². The Morgan fingerprint density at radius 3 is 2.62 bits per heavy atom. The van der Waals surface area contributed by atoms with Gasteiger partial charge in [-0.15, -0.1) is 0 Å². The molecule has 0 radical (unpaired) electrons. The summed E-state index contributed by atoms with van der Waals surface area (Å²) in [5.74, 6) is -2.53. The fraction of sp³-hybridized carbons (Fsp3) is 0.778. The van der Waals surface area contributed by atoms with E-state index in [4.69, 9.17) is 0 Å². The van der Waals surface area contributed by atoms with Crippen LogP contribution in [0, 0.1) is 5.92 Å². The monoisotopic (exact) mass is 237 g/mol. The minimum absolute atomic E-state index is 0.139. The third-order valence-electron chi connectivity index (χ3n) is 3.00. The number of piperidine rings is 2. The van der Waals surface area contributed by atoms with Crippen LogP contribution in [0.3, 0.4) is 0 Å². The van der Waals surface area contributed by atoms with Gasteiger partial charge in [-0.2, -0.15) is 13.2 Å². The molecule has 90 valence electrons. The Balaban J connectivity index is 2.09. The average molecular weight is 237 g/mol. The van der Waals surface area contributed by atoms with Gasteiger partial charge in [0.2, 0.25) is 0 Å². The second-order valence-electron chi connectivity index (χ2n) is 4.14. The van der Waals surface area contributed by atoms with E-state index in [0.717, 1.165) is 0 Å². The summed E-state index contributed by atoms with van der Waals surface area (Å²) >= 11 is 0. The van der Waals surface area contributed by atoms with Crippen molar-refractivity contribution in [3.63, 3.8) is 0 Å². The lowest BCUT2D eigenvalue weighted by Crippen LogP contribution is -2.62. The first kappa shape index (κ1) is 11.4. The van der Waals surface area contributed by atoms with Crippen LogP contribution in [-0.4, -0.2) is 30.2 Å². The Hall–Kier alpha value is -1.11. The molecule has 2 bridgehead atoms. The fourth-order valence-corrected chi connectivity index (χ4v) is 2.12. The Morgan fingerprint density at radius 2 is 2.19 bits per heavy atom. The van der Waals surface area contributed by atoms with Crippen molar-refractivity contribution in [3.05, 3.63) is 0 Å².